The summed E-state index contributed by atoms with van der Waals surface area (Å²) in [6, 6.07) is 4.39. The molecular weight excluding hydrogens is 608 g/mol. The fourth-order valence-electron chi connectivity index (χ4n) is 5.75. The molecule has 0 aromatic heterocycles. The second kappa shape index (κ2) is 15.9. The van der Waals surface area contributed by atoms with Gasteiger partial charge in [-0.15, -0.1) is 0 Å². The molecule has 1 saturated heterocycles. The Hall–Kier alpha value is -2.96. The fourth-order valence-corrected chi connectivity index (χ4v) is 7.13. The lowest BCUT2D eigenvalue weighted by Crippen LogP contribution is -2.91. The summed E-state index contributed by atoms with van der Waals surface area (Å²) in [7, 11) is -3.90. The number of ether oxygens (including phenoxy) is 1. The number of nitrogens with one attached hydrogen (secondary N) is 1. The first kappa shape index (κ1) is 35.5. The number of hydrogen-bond acceptors (Lipinski definition) is 7. The number of hydrogen-bond donors (Lipinski definition) is 3. The van der Waals surface area contributed by atoms with E-state index in [4.69, 9.17) is 22.1 Å². The van der Waals surface area contributed by atoms with Crippen LogP contribution in [0.25, 0.3) is 0 Å². The standard InChI is InChI=1S/C31H45ClN4O7S/c1-31(2,3)43-30(40)34-25(29(39)36-19-11-18-26(36)27(33)37)17-8-6-4-5-7-12-21-13-9-16-24(21)28(38)35-44(41,42)23-15-10-14-22(32)20-23/h10,14-15,20,25-26H,4-9,11-13,16-19H2,1-3H3,(H2,33,37)(H,34,40)(H,35,38)/p+1. The molecule has 0 saturated carbocycles. The van der Waals surface area contributed by atoms with Gasteiger partial charge in [0, 0.05) is 11.6 Å². The SMILES string of the molecule is CC(C)(C)OC(=O)NC(CCCCCCCC1=C(C(=O)[NH2+]S(=O)(=O)c2cccc(Cl)c2)CCC1)C(=O)N1CCCC1C(N)=O. The minimum atomic E-state index is -3.90. The quantitative estimate of drug-likeness (QED) is 0.257. The summed E-state index contributed by atoms with van der Waals surface area (Å²) >= 11 is 5.93. The molecule has 0 radical (unpaired) electrons. The number of sulfonamides is 1. The lowest BCUT2D eigenvalue weighted by molar-refractivity contribution is -0.408. The van der Waals surface area contributed by atoms with Gasteiger partial charge in [0.05, 0.1) is 5.57 Å². The van der Waals surface area contributed by atoms with Crippen molar-refractivity contribution in [2.24, 2.45) is 5.73 Å². The Balaban J connectivity index is 1.48. The fraction of sp³-hybridized carbons (Fsp3) is 0.613. The first-order valence-electron chi connectivity index (χ1n) is 15.4. The van der Waals surface area contributed by atoms with Crippen molar-refractivity contribution in [3.8, 4) is 0 Å². The van der Waals surface area contributed by atoms with Gasteiger partial charge >= 0.3 is 22.0 Å². The number of unbranched alkanes of at least 4 members (excludes halogenated alkanes) is 4. The summed E-state index contributed by atoms with van der Waals surface area (Å²) in [5, 5.41) is 2.99. The molecule has 0 spiro atoms. The van der Waals surface area contributed by atoms with E-state index < -0.39 is 45.6 Å². The van der Waals surface area contributed by atoms with Crippen molar-refractivity contribution < 1.29 is 37.1 Å². The van der Waals surface area contributed by atoms with Gasteiger partial charge in [0.15, 0.2) is 0 Å². The summed E-state index contributed by atoms with van der Waals surface area (Å²) in [5.41, 5.74) is 6.41. The largest absolute Gasteiger partial charge is 0.444 e. The molecule has 1 aromatic carbocycles. The number of likely N-dealkylation sites (tertiary alicyclic amines) is 1. The number of nitrogens with zero attached hydrogens (tertiary/aromatic N) is 1. The van der Waals surface area contributed by atoms with Crippen molar-refractivity contribution in [3.05, 3.63) is 40.4 Å². The highest BCUT2D eigenvalue weighted by atomic mass is 35.5. The van der Waals surface area contributed by atoms with Gasteiger partial charge in [-0.25, -0.2) is 9.59 Å². The Morgan fingerprint density at radius 2 is 1.80 bits per heavy atom. The van der Waals surface area contributed by atoms with E-state index in [0.717, 1.165) is 55.2 Å². The molecule has 13 heteroatoms. The molecule has 1 heterocycles. The highest BCUT2D eigenvalue weighted by Gasteiger charge is 2.37. The van der Waals surface area contributed by atoms with Crippen molar-refractivity contribution in [3.63, 3.8) is 0 Å². The molecule has 3 rings (SSSR count). The molecule has 1 fully saturated rings. The third-order valence-electron chi connectivity index (χ3n) is 7.84. The van der Waals surface area contributed by atoms with E-state index in [2.05, 4.69) is 5.32 Å². The molecule has 2 unspecified atom stereocenters. The van der Waals surface area contributed by atoms with Crippen LogP contribution >= 0.6 is 11.6 Å². The smallest absolute Gasteiger partial charge is 0.408 e. The van der Waals surface area contributed by atoms with E-state index in [0.29, 0.717) is 44.2 Å². The maximum atomic E-state index is 13.3. The predicted molar refractivity (Wildman–Crippen MR) is 166 cm³/mol. The van der Waals surface area contributed by atoms with Crippen molar-refractivity contribution in [2.75, 3.05) is 6.54 Å². The first-order chi connectivity index (χ1) is 20.7. The molecule has 1 aliphatic heterocycles. The molecular formula is C31H46ClN4O7S+. The number of benzene rings is 1. The number of carbonyl (C=O) groups excluding carboxylic acids is 4. The Morgan fingerprint density at radius 3 is 2.48 bits per heavy atom. The number of primary amides is 2. The van der Waals surface area contributed by atoms with Crippen LogP contribution in [0.2, 0.25) is 5.02 Å². The van der Waals surface area contributed by atoms with Crippen molar-refractivity contribution in [2.45, 2.75) is 120 Å². The van der Waals surface area contributed by atoms with Crippen LogP contribution in [-0.4, -0.2) is 61.4 Å². The average molecular weight is 654 g/mol. The van der Waals surface area contributed by atoms with Gasteiger partial charge < -0.3 is 20.7 Å². The normalized spacial score (nSPS) is 17.9. The van der Waals surface area contributed by atoms with Crippen molar-refractivity contribution in [1.29, 1.82) is 0 Å². The Bertz CT molecular complexity index is 1360. The Kier molecular flexibility index (Phi) is 12.8. The second-order valence-corrected chi connectivity index (χ2v) is 14.8. The number of nitrogens with two attached hydrogens (primary N) is 2. The van der Waals surface area contributed by atoms with Crippen LogP contribution in [0, 0.1) is 0 Å². The monoisotopic (exact) mass is 653 g/mol. The Labute approximate surface area is 265 Å². The number of allylic oxidation sites excluding steroid dienone is 1. The van der Waals surface area contributed by atoms with Crippen LogP contribution in [0.1, 0.15) is 97.8 Å². The third kappa shape index (κ3) is 10.6. The third-order valence-corrected chi connectivity index (χ3v) is 9.51. The number of halogens is 1. The maximum Gasteiger partial charge on any atom is 0.408 e. The summed E-state index contributed by atoms with van der Waals surface area (Å²) in [6.07, 6.45) is 8.01. The van der Waals surface area contributed by atoms with Gasteiger partial charge in [-0.3, -0.25) is 9.59 Å². The van der Waals surface area contributed by atoms with Crippen molar-refractivity contribution >= 4 is 45.4 Å². The Morgan fingerprint density at radius 1 is 1.09 bits per heavy atom. The number of carbonyl (C=O) groups is 4. The summed E-state index contributed by atoms with van der Waals surface area (Å²) in [6.45, 7) is 5.65. The molecule has 1 aromatic rings. The zero-order chi connectivity index (χ0) is 32.5. The number of alkyl carbamates (subject to hydrolysis) is 1. The minimum Gasteiger partial charge on any atom is -0.444 e. The molecule has 5 N–H and O–H groups in total. The summed E-state index contributed by atoms with van der Waals surface area (Å²) in [5.74, 6) is -1.33. The molecule has 4 amide bonds. The zero-order valence-electron chi connectivity index (χ0n) is 25.9. The van der Waals surface area contributed by atoms with Gasteiger partial charge in [-0.05, 0) is 90.3 Å². The summed E-state index contributed by atoms with van der Waals surface area (Å²) in [4.78, 5) is 52.0. The van der Waals surface area contributed by atoms with Gasteiger partial charge in [0.1, 0.15) is 22.6 Å². The van der Waals surface area contributed by atoms with Gasteiger partial charge in [-0.1, -0.05) is 48.9 Å². The summed E-state index contributed by atoms with van der Waals surface area (Å²) < 4.78 is 31.6. The lowest BCUT2D eigenvalue weighted by atomic mass is 10.0. The van der Waals surface area contributed by atoms with Crippen LogP contribution in [0.3, 0.4) is 0 Å². The number of primary sulfonamides is 1. The van der Waals surface area contributed by atoms with E-state index in [9.17, 15) is 27.6 Å². The molecule has 2 atom stereocenters. The van der Waals surface area contributed by atoms with Gasteiger partial charge in [0.2, 0.25) is 11.8 Å². The van der Waals surface area contributed by atoms with Crippen LogP contribution < -0.4 is 15.8 Å². The highest BCUT2D eigenvalue weighted by molar-refractivity contribution is 7.85. The van der Waals surface area contributed by atoms with Crippen LogP contribution in [-0.2, 0) is 29.1 Å². The number of rotatable bonds is 14. The first-order valence-corrected chi connectivity index (χ1v) is 17.3. The van der Waals surface area contributed by atoms with Gasteiger partial charge in [-0.2, -0.15) is 13.1 Å². The molecule has 1 aliphatic carbocycles. The molecule has 2 aliphatic rings. The molecule has 0 bridgehead atoms. The molecule has 11 nitrogen and oxygen atoms in total. The van der Waals surface area contributed by atoms with Gasteiger partial charge in [0.25, 0.3) is 0 Å². The van der Waals surface area contributed by atoms with E-state index in [1.54, 1.807) is 26.8 Å². The van der Waals surface area contributed by atoms with E-state index in [1.165, 1.54) is 23.1 Å². The minimum absolute atomic E-state index is 0.00292. The predicted octanol–water partition coefficient (Wildman–Crippen LogP) is 3.70. The zero-order valence-corrected chi connectivity index (χ0v) is 27.5. The molecule has 44 heavy (non-hydrogen) atoms. The van der Waals surface area contributed by atoms with E-state index in [1.807, 2.05) is 0 Å². The highest BCUT2D eigenvalue weighted by Crippen LogP contribution is 2.30. The van der Waals surface area contributed by atoms with E-state index in [-0.39, 0.29) is 15.8 Å². The number of amides is 4. The maximum absolute atomic E-state index is 13.3. The van der Waals surface area contributed by atoms with Crippen LogP contribution in [0.4, 0.5) is 4.79 Å². The topological polar surface area (TPSA) is 170 Å². The van der Waals surface area contributed by atoms with Crippen LogP contribution in [0.15, 0.2) is 40.3 Å². The lowest BCUT2D eigenvalue weighted by Gasteiger charge is -2.29. The number of quaternary nitrogens is 1. The molecule has 244 valence electrons. The van der Waals surface area contributed by atoms with Crippen LogP contribution in [0.5, 0.6) is 0 Å². The van der Waals surface area contributed by atoms with Crippen molar-refractivity contribution in [1.82, 2.24) is 10.2 Å². The average Bonchev–Trinajstić information content (AvgIpc) is 3.60. The van der Waals surface area contributed by atoms with E-state index >= 15 is 0 Å². The second-order valence-electron chi connectivity index (χ2n) is 12.5.